The molecular formula is C18H21N. The molecule has 2 aromatic carbocycles. The molecule has 0 amide bonds. The van der Waals surface area contributed by atoms with Crippen LogP contribution in [0.3, 0.4) is 0 Å². The molecule has 0 saturated carbocycles. The van der Waals surface area contributed by atoms with Crippen molar-refractivity contribution in [2.24, 2.45) is 5.73 Å². The molecule has 1 aliphatic rings. The molecule has 0 spiro atoms. The maximum atomic E-state index is 6.59. The highest BCUT2D eigenvalue weighted by atomic mass is 14.7. The van der Waals surface area contributed by atoms with Crippen molar-refractivity contribution < 1.29 is 0 Å². The zero-order chi connectivity index (χ0) is 13.3. The van der Waals surface area contributed by atoms with Crippen LogP contribution in [0.1, 0.15) is 42.0 Å². The number of hydrogen-bond acceptors (Lipinski definition) is 1. The highest BCUT2D eigenvalue weighted by Gasteiger charge is 2.24. The van der Waals surface area contributed by atoms with Crippen LogP contribution >= 0.6 is 0 Å². The lowest BCUT2D eigenvalue weighted by atomic mass is 9.82. The van der Waals surface area contributed by atoms with E-state index in [1.54, 1.807) is 0 Å². The van der Waals surface area contributed by atoms with Gasteiger partial charge in [-0.25, -0.2) is 0 Å². The minimum Gasteiger partial charge on any atom is -0.318 e. The van der Waals surface area contributed by atoms with Crippen LogP contribution in [-0.2, 0) is 18.4 Å². The number of hydrogen-bond donors (Lipinski definition) is 1. The number of benzene rings is 2. The van der Waals surface area contributed by atoms with E-state index in [-0.39, 0.29) is 0 Å². The topological polar surface area (TPSA) is 26.0 Å². The van der Waals surface area contributed by atoms with Gasteiger partial charge in [0.15, 0.2) is 0 Å². The molecule has 0 radical (unpaired) electrons. The Balaban J connectivity index is 2.02. The molecule has 1 heteroatoms. The summed E-state index contributed by atoms with van der Waals surface area (Å²) in [5.41, 5.74) is 11.6. The van der Waals surface area contributed by atoms with Gasteiger partial charge in [0.1, 0.15) is 0 Å². The van der Waals surface area contributed by atoms with E-state index in [1.165, 1.54) is 47.9 Å². The summed E-state index contributed by atoms with van der Waals surface area (Å²) in [6, 6.07) is 17.2. The molecule has 19 heavy (non-hydrogen) atoms. The molecular weight excluding hydrogens is 230 g/mol. The Hall–Kier alpha value is -1.60. The van der Waals surface area contributed by atoms with Crippen LogP contribution in [0.5, 0.6) is 0 Å². The first-order valence-electron chi connectivity index (χ1n) is 7.14. The summed E-state index contributed by atoms with van der Waals surface area (Å²) < 4.78 is 0. The monoisotopic (exact) mass is 251 g/mol. The second-order valence-electron chi connectivity index (χ2n) is 5.76. The second kappa shape index (κ2) is 4.82. The van der Waals surface area contributed by atoms with Gasteiger partial charge < -0.3 is 5.73 Å². The van der Waals surface area contributed by atoms with Crippen molar-refractivity contribution in [1.29, 1.82) is 0 Å². The third kappa shape index (κ3) is 2.31. The summed E-state index contributed by atoms with van der Waals surface area (Å²) in [5.74, 6) is 0. The Morgan fingerprint density at radius 1 is 0.842 bits per heavy atom. The molecule has 1 atom stereocenters. The summed E-state index contributed by atoms with van der Waals surface area (Å²) in [6.07, 6.45) is 5.06. The largest absolute Gasteiger partial charge is 0.318 e. The van der Waals surface area contributed by atoms with Gasteiger partial charge in [0, 0.05) is 0 Å². The van der Waals surface area contributed by atoms with Gasteiger partial charge >= 0.3 is 0 Å². The molecule has 0 fully saturated rings. The number of nitrogens with two attached hydrogens (primary N) is 1. The average molecular weight is 251 g/mol. The van der Waals surface area contributed by atoms with Gasteiger partial charge in [-0.1, -0.05) is 48.5 Å². The normalized spacial score (nSPS) is 17.6. The van der Waals surface area contributed by atoms with Crippen LogP contribution in [0.15, 0.2) is 48.5 Å². The Morgan fingerprint density at radius 3 is 2.26 bits per heavy atom. The summed E-state index contributed by atoms with van der Waals surface area (Å²) in [6.45, 7) is 2.10. The molecule has 0 aliphatic heterocycles. The van der Waals surface area contributed by atoms with E-state index in [0.29, 0.717) is 0 Å². The average Bonchev–Trinajstić information content (AvgIpc) is 2.47. The Kier molecular flexibility index (Phi) is 3.16. The molecule has 98 valence electrons. The second-order valence-corrected chi connectivity index (χ2v) is 5.76. The van der Waals surface area contributed by atoms with Crippen LogP contribution in [-0.4, -0.2) is 0 Å². The van der Waals surface area contributed by atoms with Crippen molar-refractivity contribution in [2.45, 2.75) is 38.1 Å². The van der Waals surface area contributed by atoms with Gasteiger partial charge in [-0.2, -0.15) is 0 Å². The maximum Gasteiger partial charge on any atom is 0.0637 e. The first kappa shape index (κ1) is 12.4. The standard InChI is InChI=1S/C18H21N/c1-18(19,16-9-3-2-4-10-16)17-12-11-14-7-5-6-8-15(14)13-17/h2-4,9-13H,5-8,19H2,1H3. The zero-order valence-corrected chi connectivity index (χ0v) is 11.5. The third-order valence-electron chi connectivity index (χ3n) is 4.32. The summed E-state index contributed by atoms with van der Waals surface area (Å²) >= 11 is 0. The predicted molar refractivity (Wildman–Crippen MR) is 80.2 cm³/mol. The summed E-state index contributed by atoms with van der Waals surface area (Å²) in [7, 11) is 0. The Bertz CT molecular complexity index is 569. The fourth-order valence-corrected chi connectivity index (χ4v) is 3.01. The number of aryl methyl sites for hydroxylation is 2. The minimum absolute atomic E-state index is 0.409. The van der Waals surface area contributed by atoms with Crippen molar-refractivity contribution in [1.82, 2.24) is 0 Å². The van der Waals surface area contributed by atoms with E-state index < -0.39 is 5.54 Å². The van der Waals surface area contributed by atoms with E-state index >= 15 is 0 Å². The Labute approximate surface area is 115 Å². The van der Waals surface area contributed by atoms with Crippen LogP contribution < -0.4 is 5.73 Å². The fraction of sp³-hybridized carbons (Fsp3) is 0.333. The van der Waals surface area contributed by atoms with Crippen LogP contribution in [0.4, 0.5) is 0 Å². The minimum atomic E-state index is -0.409. The molecule has 0 bridgehead atoms. The predicted octanol–water partition coefficient (Wildman–Crippen LogP) is 3.79. The number of fused-ring (bicyclic) bond motifs is 1. The highest BCUT2D eigenvalue weighted by Crippen LogP contribution is 2.30. The molecule has 1 aliphatic carbocycles. The number of rotatable bonds is 2. The molecule has 2 N–H and O–H groups in total. The SMILES string of the molecule is CC(N)(c1ccccc1)c1ccc2c(c1)CCCC2. The van der Waals surface area contributed by atoms with E-state index in [9.17, 15) is 0 Å². The van der Waals surface area contributed by atoms with E-state index in [0.717, 1.165) is 0 Å². The smallest absolute Gasteiger partial charge is 0.0637 e. The molecule has 3 rings (SSSR count). The van der Waals surface area contributed by atoms with Gasteiger partial charge in [-0.05, 0) is 54.9 Å². The Morgan fingerprint density at radius 2 is 1.53 bits per heavy atom. The van der Waals surface area contributed by atoms with Crippen molar-refractivity contribution in [3.63, 3.8) is 0 Å². The maximum absolute atomic E-state index is 6.59. The van der Waals surface area contributed by atoms with Crippen molar-refractivity contribution >= 4 is 0 Å². The zero-order valence-electron chi connectivity index (χ0n) is 11.5. The quantitative estimate of drug-likeness (QED) is 0.863. The summed E-state index contributed by atoms with van der Waals surface area (Å²) in [4.78, 5) is 0. The lowest BCUT2D eigenvalue weighted by Crippen LogP contribution is -2.34. The molecule has 1 nitrogen and oxygen atoms in total. The van der Waals surface area contributed by atoms with Gasteiger partial charge in [0.2, 0.25) is 0 Å². The lowest BCUT2D eigenvalue weighted by Gasteiger charge is -2.28. The van der Waals surface area contributed by atoms with Gasteiger partial charge in [-0.15, -0.1) is 0 Å². The van der Waals surface area contributed by atoms with Crippen LogP contribution in [0.25, 0.3) is 0 Å². The van der Waals surface area contributed by atoms with Crippen LogP contribution in [0, 0.1) is 0 Å². The summed E-state index contributed by atoms with van der Waals surface area (Å²) in [5, 5.41) is 0. The van der Waals surface area contributed by atoms with Gasteiger partial charge in [0.05, 0.1) is 5.54 Å². The molecule has 2 aromatic rings. The van der Waals surface area contributed by atoms with Gasteiger partial charge in [-0.3, -0.25) is 0 Å². The highest BCUT2D eigenvalue weighted by molar-refractivity contribution is 5.42. The molecule has 1 unspecified atom stereocenters. The molecule has 0 heterocycles. The van der Waals surface area contributed by atoms with E-state index in [2.05, 4.69) is 49.4 Å². The van der Waals surface area contributed by atoms with Gasteiger partial charge in [0.25, 0.3) is 0 Å². The van der Waals surface area contributed by atoms with Crippen molar-refractivity contribution in [2.75, 3.05) is 0 Å². The first-order chi connectivity index (χ1) is 9.18. The van der Waals surface area contributed by atoms with Crippen LogP contribution in [0.2, 0.25) is 0 Å². The third-order valence-corrected chi connectivity index (χ3v) is 4.32. The molecule has 0 aromatic heterocycles. The van der Waals surface area contributed by atoms with E-state index in [1.807, 2.05) is 6.07 Å². The molecule has 0 saturated heterocycles. The fourth-order valence-electron chi connectivity index (χ4n) is 3.01. The lowest BCUT2D eigenvalue weighted by molar-refractivity contribution is 0.598. The van der Waals surface area contributed by atoms with Crippen molar-refractivity contribution in [3.8, 4) is 0 Å². The first-order valence-corrected chi connectivity index (χ1v) is 7.14. The van der Waals surface area contributed by atoms with E-state index in [4.69, 9.17) is 5.73 Å². The van der Waals surface area contributed by atoms with Crippen molar-refractivity contribution in [3.05, 3.63) is 70.8 Å².